The molecule has 1 saturated heterocycles. The van der Waals surface area contributed by atoms with Crippen LogP contribution in [-0.2, 0) is 0 Å². The molecule has 0 aliphatic carbocycles. The molecule has 0 aromatic carbocycles. The maximum absolute atomic E-state index is 12.4. The van der Waals surface area contributed by atoms with Crippen molar-refractivity contribution in [3.05, 3.63) is 29.6 Å². The van der Waals surface area contributed by atoms with Crippen LogP contribution in [0.2, 0.25) is 0 Å². The van der Waals surface area contributed by atoms with Crippen molar-refractivity contribution in [2.45, 2.75) is 19.9 Å². The summed E-state index contributed by atoms with van der Waals surface area (Å²) in [6.45, 7) is 6.85. The zero-order chi connectivity index (χ0) is 14.7. The molecule has 0 radical (unpaired) electrons. The number of rotatable bonds is 3. The summed E-state index contributed by atoms with van der Waals surface area (Å²) in [6.07, 6.45) is 1.66. The minimum absolute atomic E-state index is 0.00530. The van der Waals surface area contributed by atoms with Crippen LogP contribution in [0, 0.1) is 6.92 Å². The molecular formula is C14H20N4OS. The largest absolute Gasteiger partial charge is 0.392 e. The van der Waals surface area contributed by atoms with E-state index in [4.69, 9.17) is 18.0 Å². The molecule has 0 spiro atoms. The van der Waals surface area contributed by atoms with Crippen molar-refractivity contribution in [1.29, 1.82) is 0 Å². The van der Waals surface area contributed by atoms with Gasteiger partial charge in [-0.05, 0) is 25.5 Å². The lowest BCUT2D eigenvalue weighted by Crippen LogP contribution is -2.54. The maximum Gasteiger partial charge on any atom is 0.272 e. The molecule has 2 N–H and O–H groups in total. The molecule has 1 fully saturated rings. The molecule has 1 amide bonds. The molecule has 1 unspecified atom stereocenters. The molecule has 20 heavy (non-hydrogen) atoms. The van der Waals surface area contributed by atoms with Gasteiger partial charge in [-0.1, -0.05) is 18.3 Å². The monoisotopic (exact) mass is 292 g/mol. The summed E-state index contributed by atoms with van der Waals surface area (Å²) in [7, 11) is 0. The summed E-state index contributed by atoms with van der Waals surface area (Å²) >= 11 is 5.02. The predicted molar refractivity (Wildman–Crippen MR) is 82.7 cm³/mol. The van der Waals surface area contributed by atoms with Crippen LogP contribution < -0.4 is 5.73 Å². The second-order valence-corrected chi connectivity index (χ2v) is 5.55. The lowest BCUT2D eigenvalue weighted by atomic mass is 10.1. The molecule has 1 atom stereocenters. The van der Waals surface area contributed by atoms with Gasteiger partial charge in [0.15, 0.2) is 0 Å². The van der Waals surface area contributed by atoms with Crippen LogP contribution in [0.5, 0.6) is 0 Å². The highest BCUT2D eigenvalue weighted by Crippen LogP contribution is 2.12. The van der Waals surface area contributed by atoms with Crippen LogP contribution in [-0.4, -0.2) is 57.9 Å². The molecule has 1 aliphatic rings. The summed E-state index contributed by atoms with van der Waals surface area (Å²) in [5.74, 6) is 0.00530. The normalized spacial score (nSPS) is 17.8. The van der Waals surface area contributed by atoms with Crippen molar-refractivity contribution >= 4 is 23.1 Å². The summed E-state index contributed by atoms with van der Waals surface area (Å²) in [4.78, 5) is 21.2. The molecule has 5 nitrogen and oxygen atoms in total. The molecule has 108 valence electrons. The first-order valence-corrected chi connectivity index (χ1v) is 7.16. The van der Waals surface area contributed by atoms with Crippen molar-refractivity contribution < 1.29 is 4.79 Å². The summed E-state index contributed by atoms with van der Waals surface area (Å²) in [5, 5.41) is 0. The van der Waals surface area contributed by atoms with Gasteiger partial charge in [-0.2, -0.15) is 0 Å². The van der Waals surface area contributed by atoms with E-state index in [0.29, 0.717) is 23.8 Å². The Bertz CT molecular complexity index is 512. The fraction of sp³-hybridized carbons (Fsp3) is 0.500. The summed E-state index contributed by atoms with van der Waals surface area (Å²) in [5.41, 5.74) is 7.13. The van der Waals surface area contributed by atoms with Crippen molar-refractivity contribution in [2.24, 2.45) is 5.73 Å². The van der Waals surface area contributed by atoms with E-state index in [2.05, 4.69) is 9.88 Å². The van der Waals surface area contributed by atoms with Crippen LogP contribution >= 0.6 is 12.2 Å². The summed E-state index contributed by atoms with van der Waals surface area (Å²) < 4.78 is 0. The first kappa shape index (κ1) is 14.9. The number of nitrogens with two attached hydrogens (primary N) is 1. The molecular weight excluding hydrogens is 272 g/mol. The molecule has 6 heteroatoms. The van der Waals surface area contributed by atoms with E-state index in [1.807, 2.05) is 30.9 Å². The SMILES string of the molecule is Cc1cccnc1C(=O)N1CCN(C(C)C(N)=S)CC1. The van der Waals surface area contributed by atoms with Crippen molar-refractivity contribution in [1.82, 2.24) is 14.8 Å². The Balaban J connectivity index is 1.99. The van der Waals surface area contributed by atoms with Crippen LogP contribution in [0.1, 0.15) is 23.0 Å². The first-order valence-electron chi connectivity index (χ1n) is 6.75. The third-order valence-corrected chi connectivity index (χ3v) is 4.11. The number of hydrogen-bond acceptors (Lipinski definition) is 4. The van der Waals surface area contributed by atoms with Crippen LogP contribution in [0.4, 0.5) is 0 Å². The van der Waals surface area contributed by atoms with Gasteiger partial charge in [0.1, 0.15) is 5.69 Å². The van der Waals surface area contributed by atoms with E-state index in [-0.39, 0.29) is 11.9 Å². The van der Waals surface area contributed by atoms with Crippen LogP contribution in [0.25, 0.3) is 0 Å². The molecule has 2 rings (SSSR count). The number of amides is 1. The zero-order valence-corrected chi connectivity index (χ0v) is 12.7. The number of hydrogen-bond donors (Lipinski definition) is 1. The van der Waals surface area contributed by atoms with Gasteiger partial charge in [0.2, 0.25) is 0 Å². The van der Waals surface area contributed by atoms with E-state index >= 15 is 0 Å². The highest BCUT2D eigenvalue weighted by molar-refractivity contribution is 7.80. The highest BCUT2D eigenvalue weighted by Gasteiger charge is 2.26. The Hall–Kier alpha value is -1.53. The number of carbonyl (C=O) groups excluding carboxylic acids is 1. The van der Waals surface area contributed by atoms with E-state index in [0.717, 1.165) is 18.7 Å². The Morgan fingerprint density at radius 3 is 2.60 bits per heavy atom. The van der Waals surface area contributed by atoms with Crippen LogP contribution in [0.15, 0.2) is 18.3 Å². The Morgan fingerprint density at radius 1 is 1.40 bits per heavy atom. The second kappa shape index (κ2) is 6.28. The van der Waals surface area contributed by atoms with Gasteiger partial charge in [0.05, 0.1) is 11.0 Å². The van der Waals surface area contributed by atoms with Gasteiger partial charge in [-0.3, -0.25) is 14.7 Å². The van der Waals surface area contributed by atoms with Gasteiger partial charge in [0.25, 0.3) is 5.91 Å². The minimum atomic E-state index is 0.00530. The predicted octanol–water partition coefficient (Wildman–Crippen LogP) is 0.822. The second-order valence-electron chi connectivity index (χ2n) is 5.08. The van der Waals surface area contributed by atoms with E-state index in [1.165, 1.54) is 0 Å². The van der Waals surface area contributed by atoms with Gasteiger partial charge in [-0.15, -0.1) is 0 Å². The number of piperazine rings is 1. The summed E-state index contributed by atoms with van der Waals surface area (Å²) in [6, 6.07) is 3.83. The van der Waals surface area contributed by atoms with E-state index in [1.54, 1.807) is 6.20 Å². The smallest absolute Gasteiger partial charge is 0.272 e. The molecule has 1 aromatic rings. The quantitative estimate of drug-likeness (QED) is 0.836. The van der Waals surface area contributed by atoms with Crippen molar-refractivity contribution in [2.75, 3.05) is 26.2 Å². The lowest BCUT2D eigenvalue weighted by molar-refractivity contribution is 0.0615. The fourth-order valence-corrected chi connectivity index (χ4v) is 2.50. The number of aromatic nitrogens is 1. The van der Waals surface area contributed by atoms with Crippen LogP contribution in [0.3, 0.4) is 0 Å². The third-order valence-electron chi connectivity index (χ3n) is 3.77. The van der Waals surface area contributed by atoms with E-state index in [9.17, 15) is 4.79 Å². The standard InChI is InChI=1S/C14H20N4OS/c1-10-4-3-5-16-12(10)14(19)18-8-6-17(7-9-18)11(2)13(15)20/h3-5,11H,6-9H2,1-2H3,(H2,15,20). The van der Waals surface area contributed by atoms with Gasteiger partial charge in [-0.25, -0.2) is 0 Å². The van der Waals surface area contributed by atoms with E-state index < -0.39 is 0 Å². The average Bonchev–Trinajstić information content (AvgIpc) is 2.46. The zero-order valence-electron chi connectivity index (χ0n) is 11.9. The fourth-order valence-electron chi connectivity index (χ4n) is 2.35. The van der Waals surface area contributed by atoms with Gasteiger partial charge >= 0.3 is 0 Å². The van der Waals surface area contributed by atoms with Crippen molar-refractivity contribution in [3.8, 4) is 0 Å². The number of aryl methyl sites for hydroxylation is 1. The van der Waals surface area contributed by atoms with Gasteiger partial charge in [0, 0.05) is 32.4 Å². The Labute approximate surface area is 124 Å². The Kier molecular flexibility index (Phi) is 4.67. The molecule has 1 aromatic heterocycles. The lowest BCUT2D eigenvalue weighted by Gasteiger charge is -2.37. The van der Waals surface area contributed by atoms with Crippen molar-refractivity contribution in [3.63, 3.8) is 0 Å². The number of carbonyl (C=O) groups is 1. The molecule has 1 aliphatic heterocycles. The number of nitrogens with zero attached hydrogens (tertiary/aromatic N) is 3. The molecule has 0 bridgehead atoms. The number of pyridine rings is 1. The first-order chi connectivity index (χ1) is 9.50. The third kappa shape index (κ3) is 3.13. The Morgan fingerprint density at radius 2 is 2.05 bits per heavy atom. The molecule has 0 saturated carbocycles. The highest BCUT2D eigenvalue weighted by atomic mass is 32.1. The molecule has 2 heterocycles. The number of thiocarbonyl (C=S) groups is 1. The van der Waals surface area contributed by atoms with Gasteiger partial charge < -0.3 is 10.6 Å². The topological polar surface area (TPSA) is 62.5 Å². The maximum atomic E-state index is 12.4. The average molecular weight is 292 g/mol. The minimum Gasteiger partial charge on any atom is -0.392 e.